The molecule has 5 heteroatoms. The summed E-state index contributed by atoms with van der Waals surface area (Å²) < 4.78 is 26.6. The van der Waals surface area contributed by atoms with E-state index >= 15 is 0 Å². The zero-order valence-electron chi connectivity index (χ0n) is 8.66. The van der Waals surface area contributed by atoms with Gasteiger partial charge in [0.15, 0.2) is 11.5 Å². The van der Waals surface area contributed by atoms with E-state index in [2.05, 4.69) is 0 Å². The minimum absolute atomic E-state index is 0.0901. The van der Waals surface area contributed by atoms with Crippen molar-refractivity contribution in [1.29, 1.82) is 0 Å². The molecule has 0 radical (unpaired) electrons. The van der Waals surface area contributed by atoms with Crippen LogP contribution in [0.3, 0.4) is 0 Å². The van der Waals surface area contributed by atoms with Gasteiger partial charge in [-0.05, 0) is 23.8 Å². The van der Waals surface area contributed by atoms with Crippen LogP contribution in [0.2, 0.25) is 5.02 Å². The highest BCUT2D eigenvalue weighted by atomic mass is 35.5. The van der Waals surface area contributed by atoms with Gasteiger partial charge >= 0.3 is 0 Å². The molecule has 0 saturated heterocycles. The van der Waals surface area contributed by atoms with Crippen LogP contribution in [-0.4, -0.2) is 0 Å². The molecule has 0 aliphatic carbocycles. The quantitative estimate of drug-likeness (QED) is 0.599. The summed E-state index contributed by atoms with van der Waals surface area (Å²) >= 11 is 5.62. The van der Waals surface area contributed by atoms with E-state index in [1.54, 1.807) is 6.07 Å². The molecule has 0 unspecified atom stereocenters. The number of pyridine rings is 1. The van der Waals surface area contributed by atoms with Crippen LogP contribution in [0.5, 0.6) is 0 Å². The summed E-state index contributed by atoms with van der Waals surface area (Å²) in [6, 6.07) is 6.71. The lowest BCUT2D eigenvalue weighted by atomic mass is 10.1. The Morgan fingerprint density at radius 3 is 2.59 bits per heavy atom. The summed E-state index contributed by atoms with van der Waals surface area (Å²) in [6.07, 6.45) is 0.899. The lowest BCUT2D eigenvalue weighted by Crippen LogP contribution is -2.32. The Morgan fingerprint density at radius 2 is 1.94 bits per heavy atom. The molecule has 0 N–H and O–H groups in total. The molecule has 0 aliphatic heterocycles. The Balaban J connectivity index is 2.31. The van der Waals surface area contributed by atoms with Crippen LogP contribution in [0.15, 0.2) is 36.5 Å². The molecule has 2 aromatic rings. The molecule has 17 heavy (non-hydrogen) atoms. The summed E-state index contributed by atoms with van der Waals surface area (Å²) in [4.78, 5) is 0. The fourth-order valence-corrected chi connectivity index (χ4v) is 1.64. The SMILES string of the molecule is [O-][n+]1cc(F)ccc1Cc1ccc(Cl)cc1F. The first kappa shape index (κ1) is 11.8. The van der Waals surface area contributed by atoms with Crippen molar-refractivity contribution < 1.29 is 13.5 Å². The second-order valence-electron chi connectivity index (χ2n) is 3.58. The van der Waals surface area contributed by atoms with Crippen molar-refractivity contribution in [3.63, 3.8) is 0 Å². The van der Waals surface area contributed by atoms with Gasteiger partial charge < -0.3 is 5.21 Å². The third kappa shape index (κ3) is 2.71. The molecule has 88 valence electrons. The van der Waals surface area contributed by atoms with Crippen LogP contribution in [-0.2, 0) is 6.42 Å². The van der Waals surface area contributed by atoms with E-state index in [1.165, 1.54) is 18.2 Å². The minimum atomic E-state index is -0.625. The fourth-order valence-electron chi connectivity index (χ4n) is 1.48. The van der Waals surface area contributed by atoms with E-state index in [1.807, 2.05) is 0 Å². The number of halogens is 3. The molecule has 2 nitrogen and oxygen atoms in total. The van der Waals surface area contributed by atoms with Gasteiger partial charge in [-0.2, -0.15) is 4.73 Å². The summed E-state index contributed by atoms with van der Waals surface area (Å²) in [5.41, 5.74) is 0.609. The van der Waals surface area contributed by atoms with Crippen molar-refractivity contribution in [1.82, 2.24) is 0 Å². The van der Waals surface area contributed by atoms with Gasteiger partial charge in [-0.1, -0.05) is 17.7 Å². The first-order valence-electron chi connectivity index (χ1n) is 4.88. The number of hydrogen-bond donors (Lipinski definition) is 0. The Bertz CT molecular complexity index is 511. The van der Waals surface area contributed by atoms with Gasteiger partial charge in [0.1, 0.15) is 5.82 Å². The zero-order valence-corrected chi connectivity index (χ0v) is 9.42. The highest BCUT2D eigenvalue weighted by Crippen LogP contribution is 2.16. The number of benzene rings is 1. The van der Waals surface area contributed by atoms with Crippen molar-refractivity contribution in [2.45, 2.75) is 6.42 Å². The predicted octanol–water partition coefficient (Wildman–Crippen LogP) is 2.84. The molecule has 1 heterocycles. The molecule has 0 fully saturated rings. The number of rotatable bonds is 2. The van der Waals surface area contributed by atoms with Gasteiger partial charge in [-0.15, -0.1) is 0 Å². The van der Waals surface area contributed by atoms with Gasteiger partial charge in [0, 0.05) is 11.1 Å². The topological polar surface area (TPSA) is 26.9 Å². The lowest BCUT2D eigenvalue weighted by molar-refractivity contribution is -0.615. The van der Waals surface area contributed by atoms with E-state index in [-0.39, 0.29) is 12.1 Å². The van der Waals surface area contributed by atoms with Crippen LogP contribution < -0.4 is 4.73 Å². The molecule has 0 amide bonds. The van der Waals surface area contributed by atoms with Crippen LogP contribution >= 0.6 is 11.6 Å². The lowest BCUT2D eigenvalue weighted by Gasteiger charge is -2.05. The van der Waals surface area contributed by atoms with Crippen molar-refractivity contribution in [3.05, 3.63) is 69.7 Å². The van der Waals surface area contributed by atoms with Crippen LogP contribution in [0.25, 0.3) is 0 Å². The van der Waals surface area contributed by atoms with E-state index in [0.29, 0.717) is 15.3 Å². The fraction of sp³-hybridized carbons (Fsp3) is 0.0833. The Morgan fingerprint density at radius 1 is 1.18 bits per heavy atom. The maximum Gasteiger partial charge on any atom is 0.216 e. The molecule has 2 rings (SSSR count). The van der Waals surface area contributed by atoms with Gasteiger partial charge in [-0.3, -0.25) is 0 Å². The van der Waals surface area contributed by atoms with Crippen molar-refractivity contribution in [3.8, 4) is 0 Å². The average molecular weight is 256 g/mol. The number of nitrogens with zero attached hydrogens (tertiary/aromatic N) is 1. The summed E-state index contributed by atoms with van der Waals surface area (Å²) in [5, 5.41) is 11.6. The van der Waals surface area contributed by atoms with Crippen LogP contribution in [0, 0.1) is 16.8 Å². The Kier molecular flexibility index (Phi) is 3.24. The normalized spacial score (nSPS) is 10.5. The summed E-state index contributed by atoms with van der Waals surface area (Å²) in [5.74, 6) is -1.11. The van der Waals surface area contributed by atoms with E-state index < -0.39 is 11.6 Å². The van der Waals surface area contributed by atoms with Gasteiger partial charge in [0.2, 0.25) is 6.20 Å². The zero-order chi connectivity index (χ0) is 12.4. The first-order valence-corrected chi connectivity index (χ1v) is 5.25. The van der Waals surface area contributed by atoms with E-state index in [0.717, 1.165) is 12.3 Å². The maximum atomic E-state index is 13.5. The van der Waals surface area contributed by atoms with Gasteiger partial charge in [0.25, 0.3) is 0 Å². The van der Waals surface area contributed by atoms with Crippen LogP contribution in [0.1, 0.15) is 11.3 Å². The van der Waals surface area contributed by atoms with Crippen molar-refractivity contribution in [2.24, 2.45) is 0 Å². The Hall–Kier alpha value is -1.68. The average Bonchev–Trinajstić information content (AvgIpc) is 2.25. The highest BCUT2D eigenvalue weighted by Gasteiger charge is 2.11. The van der Waals surface area contributed by atoms with Gasteiger partial charge in [0.05, 0.1) is 6.42 Å². The molecular weight excluding hydrogens is 248 g/mol. The van der Waals surface area contributed by atoms with Gasteiger partial charge in [-0.25, -0.2) is 8.78 Å². The third-order valence-corrected chi connectivity index (χ3v) is 2.58. The highest BCUT2D eigenvalue weighted by molar-refractivity contribution is 6.30. The molecule has 0 atom stereocenters. The molecule has 0 saturated carbocycles. The van der Waals surface area contributed by atoms with Crippen molar-refractivity contribution in [2.75, 3.05) is 0 Å². The molecule has 1 aromatic heterocycles. The largest absolute Gasteiger partial charge is 0.618 e. The summed E-state index contributed by atoms with van der Waals surface area (Å²) in [6.45, 7) is 0. The smallest absolute Gasteiger partial charge is 0.216 e. The number of aromatic nitrogens is 1. The van der Waals surface area contributed by atoms with E-state index in [4.69, 9.17) is 11.6 Å². The molecule has 0 bridgehead atoms. The molecule has 0 aliphatic rings. The van der Waals surface area contributed by atoms with Crippen LogP contribution in [0.4, 0.5) is 8.78 Å². The standard InChI is InChI=1S/C12H8ClF2NO/c13-9-2-1-8(12(15)6-9)5-11-4-3-10(14)7-16(11)17/h1-4,6-7H,5H2. The predicted molar refractivity (Wildman–Crippen MR) is 59.6 cm³/mol. The number of hydrogen-bond acceptors (Lipinski definition) is 1. The minimum Gasteiger partial charge on any atom is -0.618 e. The molecule has 1 aromatic carbocycles. The third-order valence-electron chi connectivity index (χ3n) is 2.35. The summed E-state index contributed by atoms with van der Waals surface area (Å²) in [7, 11) is 0. The monoisotopic (exact) mass is 255 g/mol. The molecular formula is C12H8ClF2NO. The van der Waals surface area contributed by atoms with Crippen molar-refractivity contribution >= 4 is 11.6 Å². The molecule has 0 spiro atoms. The second-order valence-corrected chi connectivity index (χ2v) is 4.01. The van der Waals surface area contributed by atoms with E-state index in [9.17, 15) is 14.0 Å². The Labute approximate surface area is 102 Å². The maximum absolute atomic E-state index is 13.5. The first-order chi connectivity index (χ1) is 8.06. The second kappa shape index (κ2) is 4.67.